The lowest BCUT2D eigenvalue weighted by Gasteiger charge is -2.09. The highest BCUT2D eigenvalue weighted by atomic mass is 16.2. The SMILES string of the molecule is Cc1cc(C#N)cc(-c2cnn(CC(=O)N(C)C)c2)c1. The van der Waals surface area contributed by atoms with E-state index in [0.29, 0.717) is 5.56 Å². The van der Waals surface area contributed by atoms with Crippen molar-refractivity contribution in [1.82, 2.24) is 14.7 Å². The van der Waals surface area contributed by atoms with Crippen molar-refractivity contribution in [2.75, 3.05) is 14.1 Å². The van der Waals surface area contributed by atoms with Gasteiger partial charge < -0.3 is 4.90 Å². The van der Waals surface area contributed by atoms with Gasteiger partial charge >= 0.3 is 0 Å². The van der Waals surface area contributed by atoms with Gasteiger partial charge in [-0.25, -0.2) is 0 Å². The summed E-state index contributed by atoms with van der Waals surface area (Å²) in [6, 6.07) is 7.80. The van der Waals surface area contributed by atoms with Gasteiger partial charge in [0.2, 0.25) is 5.91 Å². The number of carbonyl (C=O) groups excluding carboxylic acids is 1. The number of aromatic nitrogens is 2. The van der Waals surface area contributed by atoms with Gasteiger partial charge in [0.25, 0.3) is 0 Å². The van der Waals surface area contributed by atoms with E-state index < -0.39 is 0 Å². The topological polar surface area (TPSA) is 61.9 Å². The molecular formula is C15H16N4O. The maximum Gasteiger partial charge on any atom is 0.243 e. The van der Waals surface area contributed by atoms with Crippen LogP contribution in [0.3, 0.4) is 0 Å². The number of rotatable bonds is 3. The van der Waals surface area contributed by atoms with Gasteiger partial charge in [-0.1, -0.05) is 6.07 Å². The lowest BCUT2D eigenvalue weighted by molar-refractivity contribution is -0.129. The van der Waals surface area contributed by atoms with Gasteiger partial charge in [0.15, 0.2) is 0 Å². The van der Waals surface area contributed by atoms with Gasteiger partial charge in [0.1, 0.15) is 6.54 Å². The third-order valence-electron chi connectivity index (χ3n) is 2.97. The highest BCUT2D eigenvalue weighted by molar-refractivity contribution is 5.75. The lowest BCUT2D eigenvalue weighted by atomic mass is 10.0. The molecule has 2 rings (SSSR count). The second-order valence-electron chi connectivity index (χ2n) is 4.91. The monoisotopic (exact) mass is 268 g/mol. The van der Waals surface area contributed by atoms with Crippen LogP contribution in [0, 0.1) is 18.3 Å². The first-order valence-electron chi connectivity index (χ1n) is 6.24. The minimum atomic E-state index is -0.0124. The van der Waals surface area contributed by atoms with Crippen LogP contribution < -0.4 is 0 Å². The summed E-state index contributed by atoms with van der Waals surface area (Å²) in [5.41, 5.74) is 3.48. The van der Waals surface area contributed by atoms with E-state index in [1.54, 1.807) is 25.0 Å². The standard InChI is InChI=1S/C15H16N4O/c1-11-4-12(7-16)6-13(5-11)14-8-17-19(9-14)10-15(20)18(2)3/h4-6,8-9H,10H2,1-3H3. The van der Waals surface area contributed by atoms with Crippen LogP contribution in [0.15, 0.2) is 30.6 Å². The van der Waals surface area contributed by atoms with Crippen LogP contribution >= 0.6 is 0 Å². The zero-order valence-corrected chi connectivity index (χ0v) is 11.8. The summed E-state index contributed by atoms with van der Waals surface area (Å²) in [5, 5.41) is 13.2. The zero-order chi connectivity index (χ0) is 14.7. The summed E-state index contributed by atoms with van der Waals surface area (Å²) in [6.45, 7) is 2.16. The zero-order valence-electron chi connectivity index (χ0n) is 11.8. The van der Waals surface area contributed by atoms with Gasteiger partial charge in [-0.15, -0.1) is 0 Å². The largest absolute Gasteiger partial charge is 0.347 e. The molecule has 1 heterocycles. The quantitative estimate of drug-likeness (QED) is 0.853. The molecular weight excluding hydrogens is 252 g/mol. The van der Waals surface area contributed by atoms with E-state index in [-0.39, 0.29) is 12.5 Å². The molecule has 5 heteroatoms. The number of hydrogen-bond acceptors (Lipinski definition) is 3. The molecule has 0 saturated heterocycles. The molecule has 0 radical (unpaired) electrons. The third kappa shape index (κ3) is 3.04. The number of nitriles is 1. The fourth-order valence-corrected chi connectivity index (χ4v) is 1.89. The molecule has 1 amide bonds. The van der Waals surface area contributed by atoms with Crippen molar-refractivity contribution >= 4 is 5.91 Å². The van der Waals surface area contributed by atoms with Crippen molar-refractivity contribution in [2.24, 2.45) is 0 Å². The molecule has 0 N–H and O–H groups in total. The number of carbonyl (C=O) groups is 1. The van der Waals surface area contributed by atoms with E-state index in [1.807, 2.05) is 31.3 Å². The Morgan fingerprint density at radius 1 is 1.35 bits per heavy atom. The molecule has 0 aliphatic rings. The van der Waals surface area contributed by atoms with Crippen LogP contribution in [-0.2, 0) is 11.3 Å². The van der Waals surface area contributed by atoms with Gasteiger partial charge in [0, 0.05) is 25.9 Å². The summed E-state index contributed by atoms with van der Waals surface area (Å²) in [7, 11) is 3.43. The second-order valence-corrected chi connectivity index (χ2v) is 4.91. The lowest BCUT2D eigenvalue weighted by Crippen LogP contribution is -2.26. The Hall–Kier alpha value is -2.61. The normalized spacial score (nSPS) is 10.1. The third-order valence-corrected chi connectivity index (χ3v) is 2.97. The number of benzene rings is 1. The summed E-state index contributed by atoms with van der Waals surface area (Å²) >= 11 is 0. The Balaban J connectivity index is 2.27. The smallest absolute Gasteiger partial charge is 0.243 e. The van der Waals surface area contributed by atoms with Crippen LogP contribution in [0.4, 0.5) is 0 Å². The van der Waals surface area contributed by atoms with Gasteiger partial charge in [-0.05, 0) is 30.2 Å². The molecule has 0 saturated carbocycles. The summed E-state index contributed by atoms with van der Waals surface area (Å²) in [5.74, 6) is -0.0124. The van der Waals surface area contributed by atoms with E-state index >= 15 is 0 Å². The van der Waals surface area contributed by atoms with E-state index in [9.17, 15) is 4.79 Å². The molecule has 1 aromatic carbocycles. The number of aryl methyl sites for hydroxylation is 1. The van der Waals surface area contributed by atoms with Gasteiger partial charge in [-0.2, -0.15) is 10.4 Å². The fourth-order valence-electron chi connectivity index (χ4n) is 1.89. The van der Waals surface area contributed by atoms with E-state index in [0.717, 1.165) is 16.7 Å². The highest BCUT2D eigenvalue weighted by Gasteiger charge is 2.08. The van der Waals surface area contributed by atoms with Crippen molar-refractivity contribution in [3.63, 3.8) is 0 Å². The maximum absolute atomic E-state index is 11.6. The molecule has 0 atom stereocenters. The Kier molecular flexibility index (Phi) is 3.85. The van der Waals surface area contributed by atoms with Crippen LogP contribution in [0.25, 0.3) is 11.1 Å². The number of nitrogens with zero attached hydrogens (tertiary/aromatic N) is 4. The summed E-state index contributed by atoms with van der Waals surface area (Å²) in [6.07, 6.45) is 3.52. The van der Waals surface area contributed by atoms with E-state index in [1.165, 1.54) is 4.90 Å². The molecule has 0 aliphatic carbocycles. The predicted octanol–water partition coefficient (Wildman–Crippen LogP) is 1.82. The fraction of sp³-hybridized carbons (Fsp3) is 0.267. The summed E-state index contributed by atoms with van der Waals surface area (Å²) in [4.78, 5) is 13.2. The molecule has 0 unspecified atom stereocenters. The van der Waals surface area contributed by atoms with Crippen LogP contribution in [0.1, 0.15) is 11.1 Å². The number of amides is 1. The van der Waals surface area contributed by atoms with Gasteiger partial charge in [0.05, 0.1) is 17.8 Å². The van der Waals surface area contributed by atoms with Gasteiger partial charge in [-0.3, -0.25) is 9.48 Å². The average Bonchev–Trinajstić information content (AvgIpc) is 2.86. The van der Waals surface area contributed by atoms with Crippen molar-refractivity contribution in [2.45, 2.75) is 13.5 Å². The molecule has 20 heavy (non-hydrogen) atoms. The molecule has 1 aromatic heterocycles. The molecule has 2 aromatic rings. The van der Waals surface area contributed by atoms with Crippen LogP contribution in [-0.4, -0.2) is 34.7 Å². The first kappa shape index (κ1) is 13.8. The van der Waals surface area contributed by atoms with Crippen molar-refractivity contribution in [3.8, 4) is 17.2 Å². The van der Waals surface area contributed by atoms with E-state index in [2.05, 4.69) is 11.2 Å². The minimum Gasteiger partial charge on any atom is -0.347 e. The molecule has 0 spiro atoms. The number of likely N-dealkylation sites (N-methyl/N-ethyl adjacent to an activating group) is 1. The molecule has 0 bridgehead atoms. The maximum atomic E-state index is 11.6. The van der Waals surface area contributed by atoms with Crippen LogP contribution in [0.2, 0.25) is 0 Å². The molecule has 0 fully saturated rings. The van der Waals surface area contributed by atoms with Crippen LogP contribution in [0.5, 0.6) is 0 Å². The Morgan fingerprint density at radius 2 is 2.10 bits per heavy atom. The summed E-state index contributed by atoms with van der Waals surface area (Å²) < 4.78 is 1.60. The Bertz CT molecular complexity index is 679. The number of hydrogen-bond donors (Lipinski definition) is 0. The first-order chi connectivity index (χ1) is 9.49. The highest BCUT2D eigenvalue weighted by Crippen LogP contribution is 2.21. The molecule has 5 nitrogen and oxygen atoms in total. The molecule has 0 aliphatic heterocycles. The predicted molar refractivity (Wildman–Crippen MR) is 75.8 cm³/mol. The molecule has 102 valence electrons. The van der Waals surface area contributed by atoms with E-state index in [4.69, 9.17) is 5.26 Å². The Labute approximate surface area is 118 Å². The van der Waals surface area contributed by atoms with Crippen molar-refractivity contribution < 1.29 is 4.79 Å². The van der Waals surface area contributed by atoms with Crippen molar-refractivity contribution in [3.05, 3.63) is 41.7 Å². The second kappa shape index (κ2) is 5.57. The average molecular weight is 268 g/mol. The first-order valence-corrected chi connectivity index (χ1v) is 6.24. The van der Waals surface area contributed by atoms with Crippen molar-refractivity contribution in [1.29, 1.82) is 5.26 Å². The Morgan fingerprint density at radius 3 is 2.75 bits per heavy atom. The minimum absolute atomic E-state index is 0.0124.